The van der Waals surface area contributed by atoms with E-state index in [1.54, 1.807) is 49.8 Å². The maximum atomic E-state index is 12.9. The van der Waals surface area contributed by atoms with Gasteiger partial charge in [-0.15, -0.1) is 0 Å². The molecular weight excluding hydrogens is 358 g/mol. The van der Waals surface area contributed by atoms with Gasteiger partial charge in [-0.1, -0.05) is 12.1 Å². The molecular formula is C21H17N3O4. The molecule has 2 aromatic heterocycles. The zero-order chi connectivity index (χ0) is 19.5. The molecule has 0 unspecified atom stereocenters. The lowest BCUT2D eigenvalue weighted by molar-refractivity contribution is 0.102. The second-order valence-corrected chi connectivity index (χ2v) is 5.93. The number of hydrogen-bond donors (Lipinski definition) is 1. The van der Waals surface area contributed by atoms with Gasteiger partial charge in [-0.05, 0) is 24.3 Å². The summed E-state index contributed by atoms with van der Waals surface area (Å²) >= 11 is 0. The quantitative estimate of drug-likeness (QED) is 0.564. The Kier molecular flexibility index (Phi) is 4.63. The number of anilines is 1. The molecule has 4 rings (SSSR count). The van der Waals surface area contributed by atoms with E-state index >= 15 is 0 Å². The molecule has 140 valence electrons. The predicted molar refractivity (Wildman–Crippen MR) is 105 cm³/mol. The fourth-order valence-electron chi connectivity index (χ4n) is 2.85. The molecule has 0 atom stereocenters. The number of para-hydroxylation sites is 1. The Hall–Kier alpha value is -3.87. The van der Waals surface area contributed by atoms with Crippen LogP contribution in [-0.2, 0) is 0 Å². The van der Waals surface area contributed by atoms with Crippen molar-refractivity contribution in [1.82, 2.24) is 9.97 Å². The third-order valence-electron chi connectivity index (χ3n) is 4.25. The first-order chi connectivity index (χ1) is 13.7. The van der Waals surface area contributed by atoms with E-state index in [1.165, 1.54) is 7.11 Å². The second kappa shape index (κ2) is 7.40. The van der Waals surface area contributed by atoms with Gasteiger partial charge in [-0.3, -0.25) is 9.78 Å². The first-order valence-electron chi connectivity index (χ1n) is 8.53. The fourth-order valence-corrected chi connectivity index (χ4v) is 2.85. The lowest BCUT2D eigenvalue weighted by Crippen LogP contribution is -2.14. The van der Waals surface area contributed by atoms with Crippen LogP contribution in [0.15, 0.2) is 65.3 Å². The van der Waals surface area contributed by atoms with Crippen LogP contribution in [-0.4, -0.2) is 30.1 Å². The highest BCUT2D eigenvalue weighted by atomic mass is 16.5. The predicted octanol–water partition coefficient (Wildman–Crippen LogP) is 4.16. The number of aromatic nitrogens is 2. The first kappa shape index (κ1) is 17.5. The Balaban J connectivity index is 1.69. The summed E-state index contributed by atoms with van der Waals surface area (Å²) in [6, 6.07) is 14.1. The van der Waals surface area contributed by atoms with Crippen molar-refractivity contribution in [2.75, 3.05) is 19.5 Å². The van der Waals surface area contributed by atoms with Gasteiger partial charge in [0.25, 0.3) is 5.91 Å². The Morgan fingerprint density at radius 2 is 1.93 bits per heavy atom. The van der Waals surface area contributed by atoms with E-state index in [0.717, 1.165) is 0 Å². The molecule has 2 aromatic carbocycles. The molecule has 0 aliphatic rings. The fraction of sp³-hybridized carbons (Fsp3) is 0.0952. The summed E-state index contributed by atoms with van der Waals surface area (Å²) in [6.45, 7) is 0. The monoisotopic (exact) mass is 375 g/mol. The molecule has 0 radical (unpaired) electrons. The standard InChI is InChI=1S/C21H17N3O4/c1-26-13-7-8-15(19(11-13)27-2)20(25)23-16-6-4-3-5-14(16)21-24-17-12-22-10-9-18(17)28-21/h3-12H,1-2H3,(H,23,25). The van der Waals surface area contributed by atoms with Gasteiger partial charge in [0.15, 0.2) is 5.58 Å². The molecule has 0 bridgehead atoms. The number of carbonyl (C=O) groups excluding carboxylic acids is 1. The zero-order valence-corrected chi connectivity index (χ0v) is 15.3. The molecule has 4 aromatic rings. The van der Waals surface area contributed by atoms with Crippen LogP contribution < -0.4 is 14.8 Å². The molecule has 0 fully saturated rings. The third-order valence-corrected chi connectivity index (χ3v) is 4.25. The number of nitrogens with one attached hydrogen (secondary N) is 1. The summed E-state index contributed by atoms with van der Waals surface area (Å²) in [4.78, 5) is 21.4. The van der Waals surface area contributed by atoms with E-state index in [4.69, 9.17) is 13.9 Å². The van der Waals surface area contributed by atoms with Crippen LogP contribution in [0.25, 0.3) is 22.6 Å². The summed E-state index contributed by atoms with van der Waals surface area (Å²) in [5.41, 5.74) is 2.91. The molecule has 0 aliphatic carbocycles. The van der Waals surface area contributed by atoms with Crippen LogP contribution in [0.5, 0.6) is 11.5 Å². The van der Waals surface area contributed by atoms with Gasteiger partial charge in [-0.2, -0.15) is 0 Å². The van der Waals surface area contributed by atoms with Crippen molar-refractivity contribution in [2.24, 2.45) is 0 Å². The first-order valence-corrected chi connectivity index (χ1v) is 8.53. The van der Waals surface area contributed by atoms with E-state index in [9.17, 15) is 4.79 Å². The molecule has 0 aliphatic heterocycles. The number of carbonyl (C=O) groups is 1. The van der Waals surface area contributed by atoms with Gasteiger partial charge >= 0.3 is 0 Å². The van der Waals surface area contributed by atoms with E-state index in [-0.39, 0.29) is 5.91 Å². The average molecular weight is 375 g/mol. The largest absolute Gasteiger partial charge is 0.497 e. The third kappa shape index (κ3) is 3.25. The van der Waals surface area contributed by atoms with Gasteiger partial charge < -0.3 is 19.2 Å². The maximum absolute atomic E-state index is 12.9. The van der Waals surface area contributed by atoms with E-state index in [2.05, 4.69) is 15.3 Å². The maximum Gasteiger partial charge on any atom is 0.259 e. The van der Waals surface area contributed by atoms with Gasteiger partial charge in [0.2, 0.25) is 5.89 Å². The van der Waals surface area contributed by atoms with E-state index < -0.39 is 0 Å². The molecule has 0 spiro atoms. The summed E-state index contributed by atoms with van der Waals surface area (Å²) in [6.07, 6.45) is 3.27. The molecule has 0 saturated carbocycles. The highest BCUT2D eigenvalue weighted by Gasteiger charge is 2.17. The van der Waals surface area contributed by atoms with E-state index in [1.807, 2.05) is 18.2 Å². The molecule has 28 heavy (non-hydrogen) atoms. The second-order valence-electron chi connectivity index (χ2n) is 5.93. The molecule has 7 nitrogen and oxygen atoms in total. The van der Waals surface area contributed by atoms with Crippen LogP contribution in [0.2, 0.25) is 0 Å². The highest BCUT2D eigenvalue weighted by Crippen LogP contribution is 2.31. The number of nitrogens with zero attached hydrogens (tertiary/aromatic N) is 2. The minimum Gasteiger partial charge on any atom is -0.497 e. The van der Waals surface area contributed by atoms with Crippen molar-refractivity contribution in [1.29, 1.82) is 0 Å². The summed E-state index contributed by atoms with van der Waals surface area (Å²) in [5, 5.41) is 2.91. The minimum absolute atomic E-state index is 0.315. The molecule has 7 heteroatoms. The Labute approximate surface area is 160 Å². The Morgan fingerprint density at radius 1 is 1.07 bits per heavy atom. The lowest BCUT2D eigenvalue weighted by Gasteiger charge is -2.12. The van der Waals surface area contributed by atoms with Crippen molar-refractivity contribution < 1.29 is 18.7 Å². The molecule has 2 heterocycles. The molecule has 0 saturated heterocycles. The summed E-state index contributed by atoms with van der Waals surface area (Å²) in [5.74, 6) is 1.11. The number of benzene rings is 2. The number of oxazole rings is 1. The number of hydrogen-bond acceptors (Lipinski definition) is 6. The van der Waals surface area contributed by atoms with Gasteiger partial charge in [0, 0.05) is 18.3 Å². The van der Waals surface area contributed by atoms with Crippen LogP contribution >= 0.6 is 0 Å². The molecule has 1 N–H and O–H groups in total. The summed E-state index contributed by atoms with van der Waals surface area (Å²) < 4.78 is 16.3. The average Bonchev–Trinajstić information content (AvgIpc) is 3.17. The van der Waals surface area contributed by atoms with Crippen molar-refractivity contribution in [2.45, 2.75) is 0 Å². The minimum atomic E-state index is -0.315. The Morgan fingerprint density at radius 3 is 2.71 bits per heavy atom. The van der Waals surface area contributed by atoms with Crippen LogP contribution in [0.4, 0.5) is 5.69 Å². The number of fused-ring (bicyclic) bond motifs is 1. The Bertz CT molecular complexity index is 1120. The van der Waals surface area contributed by atoms with E-state index in [0.29, 0.717) is 45.3 Å². The van der Waals surface area contributed by atoms with Crippen molar-refractivity contribution in [3.05, 3.63) is 66.5 Å². The van der Waals surface area contributed by atoms with Crippen molar-refractivity contribution in [3.8, 4) is 23.0 Å². The number of ether oxygens (including phenoxy) is 2. The van der Waals surface area contributed by atoms with Gasteiger partial charge in [-0.25, -0.2) is 4.98 Å². The summed E-state index contributed by atoms with van der Waals surface area (Å²) in [7, 11) is 3.06. The smallest absolute Gasteiger partial charge is 0.259 e. The van der Waals surface area contributed by atoms with Crippen LogP contribution in [0.1, 0.15) is 10.4 Å². The number of rotatable bonds is 5. The zero-order valence-electron chi connectivity index (χ0n) is 15.3. The number of amides is 1. The highest BCUT2D eigenvalue weighted by molar-refractivity contribution is 6.08. The lowest BCUT2D eigenvalue weighted by atomic mass is 10.1. The van der Waals surface area contributed by atoms with Crippen molar-refractivity contribution >= 4 is 22.7 Å². The molecule has 1 amide bonds. The van der Waals surface area contributed by atoms with Crippen molar-refractivity contribution in [3.63, 3.8) is 0 Å². The number of methoxy groups -OCH3 is 2. The normalized spacial score (nSPS) is 10.6. The SMILES string of the molecule is COc1ccc(C(=O)Nc2ccccc2-c2nc3cnccc3o2)c(OC)c1. The van der Waals surface area contributed by atoms with Crippen LogP contribution in [0, 0.1) is 0 Å². The number of pyridine rings is 1. The van der Waals surface area contributed by atoms with Gasteiger partial charge in [0.05, 0.1) is 37.2 Å². The van der Waals surface area contributed by atoms with Gasteiger partial charge in [0.1, 0.15) is 17.0 Å². The topological polar surface area (TPSA) is 86.5 Å². The van der Waals surface area contributed by atoms with Crippen LogP contribution in [0.3, 0.4) is 0 Å².